The Morgan fingerprint density at radius 2 is 2.38 bits per heavy atom. The van der Waals surface area contributed by atoms with E-state index in [9.17, 15) is 0 Å². The summed E-state index contributed by atoms with van der Waals surface area (Å²) in [5.41, 5.74) is 0. The van der Waals surface area contributed by atoms with Crippen LogP contribution in [0.2, 0.25) is 0 Å². The van der Waals surface area contributed by atoms with Crippen molar-refractivity contribution in [3.8, 4) is 0 Å². The van der Waals surface area contributed by atoms with Crippen molar-refractivity contribution in [1.82, 2.24) is 5.12 Å². The number of hydrogen-bond donors (Lipinski definition) is 1. The van der Waals surface area contributed by atoms with Crippen LogP contribution < -0.4 is 5.84 Å². The molecule has 5 heteroatoms. The summed E-state index contributed by atoms with van der Waals surface area (Å²) in [6.07, 6.45) is 0. The summed E-state index contributed by atoms with van der Waals surface area (Å²) in [5.74, 6) is 5.14. The van der Waals surface area contributed by atoms with E-state index in [0.29, 0.717) is 6.54 Å². The van der Waals surface area contributed by atoms with Gasteiger partial charge in [-0.1, -0.05) is 0 Å². The Labute approximate surface area is 47.8 Å². The predicted octanol–water partition coefficient (Wildman–Crippen LogP) is 0.165. The molecule has 0 radical (unpaired) electrons. The predicted molar refractivity (Wildman–Crippen MR) is 31.0 cm³/mol. The zero-order chi connectivity index (χ0) is 6.41. The summed E-state index contributed by atoms with van der Waals surface area (Å²) >= 11 is 0. The van der Waals surface area contributed by atoms with Crippen molar-refractivity contribution in [3.05, 3.63) is 0 Å². The lowest BCUT2D eigenvalue weighted by Gasteiger charge is -2.02. The Balaban J connectivity index is 3.35. The molecule has 0 aromatic rings. The summed E-state index contributed by atoms with van der Waals surface area (Å²) in [5, 5.41) is 10.8. The van der Waals surface area contributed by atoms with Crippen molar-refractivity contribution >= 4 is 6.72 Å². The van der Waals surface area contributed by atoms with E-state index < -0.39 is 0 Å². The van der Waals surface area contributed by atoms with Gasteiger partial charge in [-0.05, 0) is 17.4 Å². The molecule has 2 N–H and O–H groups in total. The molecular weight excluding hydrogens is 106 g/mol. The van der Waals surface area contributed by atoms with Crippen LogP contribution in [0.15, 0.2) is 15.5 Å². The molecule has 0 aromatic heterocycles. The SMILES string of the molecule is C=N/N=N\N(N)CC. The van der Waals surface area contributed by atoms with Gasteiger partial charge in [-0.15, -0.1) is 5.10 Å². The van der Waals surface area contributed by atoms with Crippen molar-refractivity contribution in [3.63, 3.8) is 0 Å². The molecule has 0 aliphatic heterocycles. The molecule has 0 rings (SSSR count). The van der Waals surface area contributed by atoms with Crippen LogP contribution in [0.4, 0.5) is 0 Å². The van der Waals surface area contributed by atoms with Crippen LogP contribution in [-0.4, -0.2) is 18.4 Å². The highest BCUT2D eigenvalue weighted by Crippen LogP contribution is 1.78. The lowest BCUT2D eigenvalue weighted by molar-refractivity contribution is 0.291. The zero-order valence-electron chi connectivity index (χ0n) is 4.78. The molecule has 5 nitrogen and oxygen atoms in total. The van der Waals surface area contributed by atoms with Gasteiger partial charge in [0.05, 0.1) is 6.54 Å². The van der Waals surface area contributed by atoms with Crippen LogP contribution in [0.5, 0.6) is 0 Å². The van der Waals surface area contributed by atoms with Crippen molar-refractivity contribution in [2.24, 2.45) is 21.4 Å². The van der Waals surface area contributed by atoms with Gasteiger partial charge in [0, 0.05) is 6.72 Å². The number of nitrogens with zero attached hydrogens (tertiary/aromatic N) is 4. The van der Waals surface area contributed by atoms with Crippen LogP contribution >= 0.6 is 0 Å². The van der Waals surface area contributed by atoms with Gasteiger partial charge in [0.25, 0.3) is 0 Å². The normalized spacial score (nSPS) is 9.75. The summed E-state index contributed by atoms with van der Waals surface area (Å²) in [4.78, 5) is 0. The summed E-state index contributed by atoms with van der Waals surface area (Å²) < 4.78 is 0. The second kappa shape index (κ2) is 4.20. The average Bonchev–Trinajstić information content (AvgIpc) is 1.83. The molecule has 0 unspecified atom stereocenters. The van der Waals surface area contributed by atoms with Gasteiger partial charge < -0.3 is 0 Å². The maximum atomic E-state index is 5.14. The van der Waals surface area contributed by atoms with Gasteiger partial charge in [0.2, 0.25) is 0 Å². The van der Waals surface area contributed by atoms with E-state index >= 15 is 0 Å². The first-order valence-corrected chi connectivity index (χ1v) is 2.20. The monoisotopic (exact) mass is 115 g/mol. The fourth-order valence-corrected chi connectivity index (χ4v) is 0.143. The molecule has 0 aromatic carbocycles. The third-order valence-electron chi connectivity index (χ3n) is 0.542. The van der Waals surface area contributed by atoms with Crippen LogP contribution in [0.3, 0.4) is 0 Å². The van der Waals surface area contributed by atoms with Gasteiger partial charge in [-0.3, -0.25) is 0 Å². The van der Waals surface area contributed by atoms with Gasteiger partial charge in [-0.25, -0.2) is 11.0 Å². The van der Waals surface area contributed by atoms with Gasteiger partial charge >= 0.3 is 0 Å². The molecule has 0 atom stereocenters. The number of nitrogens with two attached hydrogens (primary N) is 1. The fraction of sp³-hybridized carbons (Fsp3) is 0.667. The first-order valence-electron chi connectivity index (χ1n) is 2.20. The molecule has 0 heterocycles. The molecule has 0 saturated carbocycles. The highest BCUT2D eigenvalue weighted by molar-refractivity contribution is 5.22. The van der Waals surface area contributed by atoms with E-state index in [0.717, 1.165) is 5.12 Å². The average molecular weight is 115 g/mol. The Morgan fingerprint density at radius 3 is 2.75 bits per heavy atom. The molecule has 0 spiro atoms. The third-order valence-corrected chi connectivity index (χ3v) is 0.542. The van der Waals surface area contributed by atoms with Crippen LogP contribution in [0, 0.1) is 0 Å². The molecule has 0 saturated heterocycles. The van der Waals surface area contributed by atoms with E-state index in [1.165, 1.54) is 0 Å². The minimum atomic E-state index is 0.610. The van der Waals surface area contributed by atoms with Crippen molar-refractivity contribution in [1.29, 1.82) is 0 Å². The Hall–Kier alpha value is -0.970. The first kappa shape index (κ1) is 7.03. The molecule has 0 fully saturated rings. The first-order chi connectivity index (χ1) is 3.81. The molecule has 8 heavy (non-hydrogen) atoms. The topological polar surface area (TPSA) is 66.3 Å². The number of rotatable bonds is 3. The third kappa shape index (κ3) is 3.23. The minimum absolute atomic E-state index is 0.610. The molecule has 0 aliphatic carbocycles. The molecule has 0 bridgehead atoms. The van der Waals surface area contributed by atoms with Crippen LogP contribution in [-0.2, 0) is 0 Å². The fourth-order valence-electron chi connectivity index (χ4n) is 0.143. The van der Waals surface area contributed by atoms with Crippen molar-refractivity contribution in [2.75, 3.05) is 6.54 Å². The van der Waals surface area contributed by atoms with Crippen LogP contribution in [0.25, 0.3) is 0 Å². The molecular formula is C3H9N5. The largest absolute Gasteiger partial charge is 0.230 e. The number of hydrogen-bond acceptors (Lipinski definition) is 3. The highest BCUT2D eigenvalue weighted by atomic mass is 15.7. The Morgan fingerprint density at radius 1 is 1.75 bits per heavy atom. The summed E-state index contributed by atoms with van der Waals surface area (Å²) in [7, 11) is 0. The lowest BCUT2D eigenvalue weighted by Crippen LogP contribution is -2.23. The Bertz CT molecular complexity index is 87.7. The summed E-state index contributed by atoms with van der Waals surface area (Å²) in [6.45, 7) is 5.53. The maximum absolute atomic E-state index is 5.14. The van der Waals surface area contributed by atoms with Gasteiger partial charge in [0.15, 0.2) is 0 Å². The standard InChI is InChI=1S/C3H9N5/c1-3-8(4)7-6-5-2/h2-4H2,1H3/b7-6-. The zero-order valence-corrected chi connectivity index (χ0v) is 4.78. The lowest BCUT2D eigenvalue weighted by atomic mass is 10.8. The van der Waals surface area contributed by atoms with E-state index in [4.69, 9.17) is 5.84 Å². The number of hydrazine groups is 1. The second-order valence-corrected chi connectivity index (χ2v) is 1.08. The quantitative estimate of drug-likeness (QED) is 0.246. The van der Waals surface area contributed by atoms with E-state index in [-0.39, 0.29) is 0 Å². The van der Waals surface area contributed by atoms with Gasteiger partial charge in [-0.2, -0.15) is 0 Å². The van der Waals surface area contributed by atoms with Crippen LogP contribution in [0.1, 0.15) is 6.92 Å². The van der Waals surface area contributed by atoms with E-state index in [1.807, 2.05) is 6.92 Å². The molecule has 0 amide bonds. The van der Waals surface area contributed by atoms with Crippen molar-refractivity contribution in [2.45, 2.75) is 6.92 Å². The summed E-state index contributed by atoms with van der Waals surface area (Å²) in [6, 6.07) is 0. The minimum Gasteiger partial charge on any atom is -0.230 e. The molecule has 46 valence electrons. The van der Waals surface area contributed by atoms with E-state index in [1.54, 1.807) is 0 Å². The second-order valence-electron chi connectivity index (χ2n) is 1.08. The Kier molecular flexibility index (Phi) is 3.69. The maximum Gasteiger partial charge on any atom is 0.0520 e. The highest BCUT2D eigenvalue weighted by Gasteiger charge is 1.81. The van der Waals surface area contributed by atoms with E-state index in [2.05, 4.69) is 22.3 Å². The van der Waals surface area contributed by atoms with Crippen molar-refractivity contribution < 1.29 is 0 Å². The van der Waals surface area contributed by atoms with Gasteiger partial charge in [0.1, 0.15) is 0 Å². The smallest absolute Gasteiger partial charge is 0.0520 e. The molecule has 0 aliphatic rings.